The molecule has 1 aromatic carbocycles. The SMILES string of the molecule is Fc1cc(Br)cc(F)c1OC1CCNC1. The molecule has 2 rings (SSSR count). The highest BCUT2D eigenvalue weighted by Gasteiger charge is 2.20. The summed E-state index contributed by atoms with van der Waals surface area (Å²) in [5.74, 6) is -1.63. The van der Waals surface area contributed by atoms with Gasteiger partial charge in [-0.1, -0.05) is 15.9 Å². The minimum absolute atomic E-state index is 0.143. The van der Waals surface area contributed by atoms with E-state index in [4.69, 9.17) is 4.74 Å². The van der Waals surface area contributed by atoms with Gasteiger partial charge in [-0.25, -0.2) is 8.78 Å². The van der Waals surface area contributed by atoms with Crippen molar-refractivity contribution in [1.82, 2.24) is 5.32 Å². The van der Waals surface area contributed by atoms with Gasteiger partial charge in [-0.15, -0.1) is 0 Å². The lowest BCUT2D eigenvalue weighted by Gasteiger charge is -2.13. The van der Waals surface area contributed by atoms with Crippen molar-refractivity contribution in [3.8, 4) is 5.75 Å². The van der Waals surface area contributed by atoms with Gasteiger partial charge in [0.2, 0.25) is 0 Å². The molecule has 1 unspecified atom stereocenters. The Hall–Kier alpha value is -0.680. The van der Waals surface area contributed by atoms with Crippen LogP contribution < -0.4 is 10.1 Å². The van der Waals surface area contributed by atoms with Gasteiger partial charge in [0.15, 0.2) is 17.4 Å². The number of rotatable bonds is 2. The van der Waals surface area contributed by atoms with Gasteiger partial charge >= 0.3 is 0 Å². The van der Waals surface area contributed by atoms with E-state index in [1.54, 1.807) is 0 Å². The maximum absolute atomic E-state index is 13.3. The molecule has 1 aliphatic heterocycles. The molecular formula is C10H10BrF2NO. The molecule has 0 aliphatic carbocycles. The first-order chi connectivity index (χ1) is 7.16. The predicted octanol–water partition coefficient (Wildman–Crippen LogP) is 2.47. The molecule has 15 heavy (non-hydrogen) atoms. The lowest BCUT2D eigenvalue weighted by Crippen LogP contribution is -2.20. The fraction of sp³-hybridized carbons (Fsp3) is 0.400. The molecule has 82 valence electrons. The third kappa shape index (κ3) is 2.46. The molecule has 2 nitrogen and oxygen atoms in total. The third-order valence-electron chi connectivity index (χ3n) is 2.26. The lowest BCUT2D eigenvalue weighted by atomic mass is 10.3. The quantitative estimate of drug-likeness (QED) is 0.897. The van der Waals surface area contributed by atoms with Crippen LogP contribution in [0.15, 0.2) is 16.6 Å². The number of hydrogen-bond acceptors (Lipinski definition) is 2. The van der Waals surface area contributed by atoms with Crippen LogP contribution in [0.5, 0.6) is 5.75 Å². The Bertz CT molecular complexity index is 343. The molecule has 1 heterocycles. The van der Waals surface area contributed by atoms with E-state index < -0.39 is 11.6 Å². The number of hydrogen-bond donors (Lipinski definition) is 1. The molecular weight excluding hydrogens is 268 g/mol. The maximum Gasteiger partial charge on any atom is 0.191 e. The molecule has 0 aromatic heterocycles. The highest BCUT2D eigenvalue weighted by molar-refractivity contribution is 9.10. The summed E-state index contributed by atoms with van der Waals surface area (Å²) in [6.07, 6.45) is 0.629. The predicted molar refractivity (Wildman–Crippen MR) is 56.0 cm³/mol. The summed E-state index contributed by atoms with van der Waals surface area (Å²) in [5.41, 5.74) is 0. The molecule has 5 heteroatoms. The van der Waals surface area contributed by atoms with Crippen LogP contribution in [-0.2, 0) is 0 Å². The summed E-state index contributed by atoms with van der Waals surface area (Å²) in [6, 6.07) is 2.39. The standard InChI is InChI=1S/C10H10BrF2NO/c11-6-3-8(12)10(9(13)4-6)15-7-1-2-14-5-7/h3-4,7,14H,1-2,5H2. The Balaban J connectivity index is 2.19. The molecule has 1 saturated heterocycles. The summed E-state index contributed by atoms with van der Waals surface area (Å²) in [4.78, 5) is 0. The first kappa shape index (κ1) is 10.8. The maximum atomic E-state index is 13.3. The second kappa shape index (κ2) is 4.45. The van der Waals surface area contributed by atoms with Gasteiger partial charge in [-0.05, 0) is 25.1 Å². The third-order valence-corrected chi connectivity index (χ3v) is 2.72. The molecule has 1 aromatic rings. The molecule has 1 aliphatic rings. The topological polar surface area (TPSA) is 21.3 Å². The van der Waals surface area contributed by atoms with Crippen molar-refractivity contribution in [1.29, 1.82) is 0 Å². The van der Waals surface area contributed by atoms with Crippen LogP contribution in [0.4, 0.5) is 8.78 Å². The van der Waals surface area contributed by atoms with Gasteiger partial charge < -0.3 is 10.1 Å². The van der Waals surface area contributed by atoms with Gasteiger partial charge in [0.1, 0.15) is 6.10 Å². The van der Waals surface area contributed by atoms with E-state index >= 15 is 0 Å². The number of benzene rings is 1. The summed E-state index contributed by atoms with van der Waals surface area (Å²) in [6.45, 7) is 1.46. The van der Waals surface area contributed by atoms with Crippen molar-refractivity contribution in [2.45, 2.75) is 12.5 Å². The zero-order valence-electron chi connectivity index (χ0n) is 7.90. The van der Waals surface area contributed by atoms with Crippen molar-refractivity contribution in [2.24, 2.45) is 0 Å². The van der Waals surface area contributed by atoms with Crippen LogP contribution >= 0.6 is 15.9 Å². The number of halogens is 3. The zero-order chi connectivity index (χ0) is 10.8. The molecule has 0 amide bonds. The van der Waals surface area contributed by atoms with Crippen LogP contribution in [0.2, 0.25) is 0 Å². The highest BCUT2D eigenvalue weighted by Crippen LogP contribution is 2.27. The van der Waals surface area contributed by atoms with Crippen molar-refractivity contribution in [2.75, 3.05) is 13.1 Å². The summed E-state index contributed by atoms with van der Waals surface area (Å²) >= 11 is 3.01. The monoisotopic (exact) mass is 277 g/mol. The Morgan fingerprint density at radius 2 is 2.00 bits per heavy atom. The van der Waals surface area contributed by atoms with Crippen LogP contribution in [0, 0.1) is 11.6 Å². The highest BCUT2D eigenvalue weighted by atomic mass is 79.9. The molecule has 1 N–H and O–H groups in total. The fourth-order valence-electron chi connectivity index (χ4n) is 1.54. The van der Waals surface area contributed by atoms with Gasteiger partial charge in [-0.2, -0.15) is 0 Å². The molecule has 0 spiro atoms. The second-order valence-corrected chi connectivity index (χ2v) is 4.35. The van der Waals surface area contributed by atoms with Crippen molar-refractivity contribution >= 4 is 15.9 Å². The van der Waals surface area contributed by atoms with E-state index in [9.17, 15) is 8.78 Å². The van der Waals surface area contributed by atoms with E-state index in [1.807, 2.05) is 0 Å². The van der Waals surface area contributed by atoms with Gasteiger partial charge in [0.25, 0.3) is 0 Å². The van der Waals surface area contributed by atoms with E-state index in [2.05, 4.69) is 21.2 Å². The van der Waals surface area contributed by atoms with Crippen molar-refractivity contribution in [3.05, 3.63) is 28.2 Å². The van der Waals surface area contributed by atoms with Gasteiger partial charge in [-0.3, -0.25) is 0 Å². The van der Waals surface area contributed by atoms with E-state index in [0.29, 0.717) is 11.0 Å². The lowest BCUT2D eigenvalue weighted by molar-refractivity contribution is 0.202. The largest absolute Gasteiger partial charge is 0.483 e. The van der Waals surface area contributed by atoms with Gasteiger partial charge in [0, 0.05) is 11.0 Å². The Kier molecular flexibility index (Phi) is 3.21. The summed E-state index contributed by atoms with van der Waals surface area (Å²) in [5, 5.41) is 3.06. The Morgan fingerprint density at radius 1 is 1.33 bits per heavy atom. The Labute approximate surface area is 94.7 Å². The fourth-order valence-corrected chi connectivity index (χ4v) is 1.94. The van der Waals surface area contributed by atoms with E-state index in [-0.39, 0.29) is 11.9 Å². The van der Waals surface area contributed by atoms with Crippen LogP contribution in [0.3, 0.4) is 0 Å². The molecule has 0 bridgehead atoms. The number of ether oxygens (including phenoxy) is 1. The van der Waals surface area contributed by atoms with Gasteiger partial charge in [0.05, 0.1) is 0 Å². The number of nitrogens with one attached hydrogen (secondary N) is 1. The molecule has 0 radical (unpaired) electrons. The minimum atomic E-state index is -0.672. The van der Waals surface area contributed by atoms with E-state index in [0.717, 1.165) is 13.0 Å². The second-order valence-electron chi connectivity index (χ2n) is 3.43. The molecule has 0 saturated carbocycles. The van der Waals surface area contributed by atoms with Crippen LogP contribution in [-0.4, -0.2) is 19.2 Å². The van der Waals surface area contributed by atoms with E-state index in [1.165, 1.54) is 12.1 Å². The summed E-state index contributed by atoms with van der Waals surface area (Å²) in [7, 11) is 0. The molecule has 1 atom stereocenters. The summed E-state index contributed by atoms with van der Waals surface area (Å²) < 4.78 is 32.3. The first-order valence-corrected chi connectivity index (χ1v) is 5.48. The minimum Gasteiger partial charge on any atom is -0.483 e. The average Bonchev–Trinajstić information content (AvgIpc) is 2.63. The Morgan fingerprint density at radius 3 is 2.53 bits per heavy atom. The van der Waals surface area contributed by atoms with Crippen LogP contribution in [0.1, 0.15) is 6.42 Å². The van der Waals surface area contributed by atoms with Crippen molar-refractivity contribution in [3.63, 3.8) is 0 Å². The zero-order valence-corrected chi connectivity index (χ0v) is 9.48. The average molecular weight is 278 g/mol. The van der Waals surface area contributed by atoms with Crippen LogP contribution in [0.25, 0.3) is 0 Å². The first-order valence-electron chi connectivity index (χ1n) is 4.69. The normalized spacial score (nSPS) is 20.6. The smallest absolute Gasteiger partial charge is 0.191 e. The van der Waals surface area contributed by atoms with Crippen molar-refractivity contribution < 1.29 is 13.5 Å². The molecule has 1 fully saturated rings.